The molecule has 1 aromatic heterocycles. The second-order valence-corrected chi connectivity index (χ2v) is 5.57. The predicted molar refractivity (Wildman–Crippen MR) is 87.5 cm³/mol. The third-order valence-corrected chi connectivity index (χ3v) is 4.01. The van der Waals surface area contributed by atoms with Crippen LogP contribution in [-0.2, 0) is 6.54 Å². The van der Waals surface area contributed by atoms with Gasteiger partial charge < -0.3 is 9.73 Å². The smallest absolute Gasteiger partial charge is 0.117 e. The average Bonchev–Trinajstić information content (AvgIpc) is 3.01. The Labute approximate surface area is 131 Å². The van der Waals surface area contributed by atoms with Crippen LogP contribution < -0.4 is 5.32 Å². The molecule has 1 atom stereocenters. The summed E-state index contributed by atoms with van der Waals surface area (Å²) in [6.45, 7) is 5.07. The molecule has 0 fully saturated rings. The van der Waals surface area contributed by atoms with Gasteiger partial charge in [-0.05, 0) is 49.8 Å². The minimum Gasteiger partial charge on any atom is -0.468 e. The summed E-state index contributed by atoms with van der Waals surface area (Å²) >= 11 is 5.95. The zero-order chi connectivity index (χ0) is 15.1. The quantitative estimate of drug-likeness (QED) is 0.795. The van der Waals surface area contributed by atoms with Crippen molar-refractivity contribution < 1.29 is 4.42 Å². The molecule has 0 aliphatic rings. The molecule has 1 N–H and O–H groups in total. The van der Waals surface area contributed by atoms with Crippen molar-refractivity contribution in [3.8, 4) is 0 Å². The average molecular weight is 307 g/mol. The van der Waals surface area contributed by atoms with Gasteiger partial charge in [0, 0.05) is 17.6 Å². The van der Waals surface area contributed by atoms with E-state index >= 15 is 0 Å². The third kappa shape index (κ3) is 4.88. The first-order valence-electron chi connectivity index (χ1n) is 7.40. The first kappa shape index (κ1) is 16.1. The number of benzene rings is 1. The Bertz CT molecular complexity index is 510. The van der Waals surface area contributed by atoms with E-state index in [0.717, 1.165) is 36.8 Å². The Balaban J connectivity index is 1.90. The second-order valence-electron chi connectivity index (χ2n) is 5.13. The standard InChI is InChI=1S/C17H23ClN2O/c1-3-20(13-16-5-4-12-21-16)11-10-17(19-2)14-6-8-15(18)9-7-14/h4-9,12,17,19H,3,10-11,13H2,1-2H3. The lowest BCUT2D eigenvalue weighted by molar-refractivity contribution is 0.242. The van der Waals surface area contributed by atoms with Crippen LogP contribution in [0.4, 0.5) is 0 Å². The van der Waals surface area contributed by atoms with E-state index < -0.39 is 0 Å². The van der Waals surface area contributed by atoms with Gasteiger partial charge >= 0.3 is 0 Å². The van der Waals surface area contributed by atoms with E-state index in [-0.39, 0.29) is 0 Å². The van der Waals surface area contributed by atoms with Crippen molar-refractivity contribution in [2.45, 2.75) is 25.9 Å². The van der Waals surface area contributed by atoms with Crippen LogP contribution in [0.1, 0.15) is 30.7 Å². The molecule has 0 amide bonds. The van der Waals surface area contributed by atoms with E-state index in [1.165, 1.54) is 5.56 Å². The van der Waals surface area contributed by atoms with E-state index in [4.69, 9.17) is 16.0 Å². The SMILES string of the molecule is CCN(CCC(NC)c1ccc(Cl)cc1)Cc1ccco1. The van der Waals surface area contributed by atoms with Gasteiger partial charge in [0.25, 0.3) is 0 Å². The van der Waals surface area contributed by atoms with Crippen molar-refractivity contribution in [3.63, 3.8) is 0 Å². The third-order valence-electron chi connectivity index (χ3n) is 3.76. The normalized spacial score (nSPS) is 12.8. The lowest BCUT2D eigenvalue weighted by Crippen LogP contribution is -2.28. The predicted octanol–water partition coefficient (Wildman–Crippen LogP) is 4.11. The number of nitrogens with zero attached hydrogens (tertiary/aromatic N) is 1. The van der Waals surface area contributed by atoms with Gasteiger partial charge in [0.15, 0.2) is 0 Å². The monoisotopic (exact) mass is 306 g/mol. The summed E-state index contributed by atoms with van der Waals surface area (Å²) in [5.41, 5.74) is 1.27. The summed E-state index contributed by atoms with van der Waals surface area (Å²) in [6, 6.07) is 12.4. The first-order valence-corrected chi connectivity index (χ1v) is 7.78. The van der Waals surface area contributed by atoms with E-state index in [1.54, 1.807) is 6.26 Å². The van der Waals surface area contributed by atoms with E-state index in [1.807, 2.05) is 31.3 Å². The van der Waals surface area contributed by atoms with Crippen molar-refractivity contribution in [1.82, 2.24) is 10.2 Å². The van der Waals surface area contributed by atoms with E-state index in [2.05, 4.69) is 29.3 Å². The van der Waals surface area contributed by atoms with Crippen LogP contribution in [0.3, 0.4) is 0 Å². The largest absolute Gasteiger partial charge is 0.468 e. The molecule has 2 aromatic rings. The van der Waals surface area contributed by atoms with Crippen molar-refractivity contribution in [1.29, 1.82) is 0 Å². The lowest BCUT2D eigenvalue weighted by atomic mass is 10.0. The molecule has 0 radical (unpaired) electrons. The molecule has 0 saturated heterocycles. The highest BCUT2D eigenvalue weighted by Gasteiger charge is 2.12. The van der Waals surface area contributed by atoms with Crippen LogP contribution in [0.15, 0.2) is 47.1 Å². The van der Waals surface area contributed by atoms with Crippen LogP contribution >= 0.6 is 11.6 Å². The zero-order valence-electron chi connectivity index (χ0n) is 12.7. The molecule has 4 heteroatoms. The number of rotatable bonds is 8. The fourth-order valence-electron chi connectivity index (χ4n) is 2.46. The summed E-state index contributed by atoms with van der Waals surface area (Å²) in [5.74, 6) is 1.02. The summed E-state index contributed by atoms with van der Waals surface area (Å²) in [6.07, 6.45) is 2.78. The van der Waals surface area contributed by atoms with Crippen LogP contribution in [0.5, 0.6) is 0 Å². The number of hydrogen-bond donors (Lipinski definition) is 1. The van der Waals surface area contributed by atoms with Gasteiger partial charge in [0.05, 0.1) is 12.8 Å². The van der Waals surface area contributed by atoms with Crippen LogP contribution in [0.25, 0.3) is 0 Å². The molecule has 3 nitrogen and oxygen atoms in total. The summed E-state index contributed by atoms with van der Waals surface area (Å²) < 4.78 is 5.42. The van der Waals surface area contributed by atoms with Crippen molar-refractivity contribution in [2.75, 3.05) is 20.1 Å². The minimum absolute atomic E-state index is 0.341. The Morgan fingerprint density at radius 3 is 2.57 bits per heavy atom. The fraction of sp³-hybridized carbons (Fsp3) is 0.412. The molecule has 0 aliphatic carbocycles. The highest BCUT2D eigenvalue weighted by Crippen LogP contribution is 2.20. The number of halogens is 1. The molecule has 0 aliphatic heterocycles. The van der Waals surface area contributed by atoms with Crippen LogP contribution in [0, 0.1) is 0 Å². The molecular formula is C17H23ClN2O. The van der Waals surface area contributed by atoms with Crippen LogP contribution in [0.2, 0.25) is 5.02 Å². The molecule has 0 saturated carbocycles. The van der Waals surface area contributed by atoms with Crippen molar-refractivity contribution >= 4 is 11.6 Å². The molecule has 1 unspecified atom stereocenters. The maximum absolute atomic E-state index is 5.95. The molecule has 21 heavy (non-hydrogen) atoms. The van der Waals surface area contributed by atoms with Gasteiger partial charge in [-0.25, -0.2) is 0 Å². The summed E-state index contributed by atoms with van der Waals surface area (Å²) in [7, 11) is 2.00. The van der Waals surface area contributed by atoms with E-state index in [9.17, 15) is 0 Å². The Morgan fingerprint density at radius 2 is 2.00 bits per heavy atom. The van der Waals surface area contributed by atoms with Gasteiger partial charge in [0.2, 0.25) is 0 Å². The van der Waals surface area contributed by atoms with Crippen molar-refractivity contribution in [2.24, 2.45) is 0 Å². The maximum Gasteiger partial charge on any atom is 0.117 e. The first-order chi connectivity index (χ1) is 10.2. The van der Waals surface area contributed by atoms with Gasteiger partial charge in [-0.3, -0.25) is 4.90 Å². The molecule has 114 valence electrons. The van der Waals surface area contributed by atoms with Crippen LogP contribution in [-0.4, -0.2) is 25.0 Å². The maximum atomic E-state index is 5.95. The second kappa shape index (κ2) is 8.23. The topological polar surface area (TPSA) is 28.4 Å². The number of furan rings is 1. The van der Waals surface area contributed by atoms with Crippen molar-refractivity contribution in [3.05, 3.63) is 59.0 Å². The summed E-state index contributed by atoms with van der Waals surface area (Å²) in [5, 5.41) is 4.16. The molecule has 1 heterocycles. The lowest BCUT2D eigenvalue weighted by Gasteiger charge is -2.23. The van der Waals surface area contributed by atoms with Gasteiger partial charge in [-0.2, -0.15) is 0 Å². The van der Waals surface area contributed by atoms with Gasteiger partial charge in [0.1, 0.15) is 5.76 Å². The van der Waals surface area contributed by atoms with Gasteiger partial charge in [-0.1, -0.05) is 30.7 Å². The molecule has 0 bridgehead atoms. The number of hydrogen-bond acceptors (Lipinski definition) is 3. The van der Waals surface area contributed by atoms with E-state index in [0.29, 0.717) is 6.04 Å². The molecule has 0 spiro atoms. The highest BCUT2D eigenvalue weighted by atomic mass is 35.5. The molecular weight excluding hydrogens is 284 g/mol. The number of nitrogens with one attached hydrogen (secondary N) is 1. The van der Waals surface area contributed by atoms with Gasteiger partial charge in [-0.15, -0.1) is 0 Å². The zero-order valence-corrected chi connectivity index (χ0v) is 13.4. The Hall–Kier alpha value is -1.29. The highest BCUT2D eigenvalue weighted by molar-refractivity contribution is 6.30. The fourth-order valence-corrected chi connectivity index (χ4v) is 2.58. The minimum atomic E-state index is 0.341. The Kier molecular flexibility index (Phi) is 6.30. The summed E-state index contributed by atoms with van der Waals surface area (Å²) in [4.78, 5) is 2.39. The molecule has 2 rings (SSSR count). The molecule has 1 aromatic carbocycles. The Morgan fingerprint density at radius 1 is 1.24 bits per heavy atom.